The summed E-state index contributed by atoms with van der Waals surface area (Å²) in [7, 11) is -3.68. The highest BCUT2D eigenvalue weighted by Crippen LogP contribution is 2.46. The second-order valence-electron chi connectivity index (χ2n) is 11.1. The van der Waals surface area contributed by atoms with E-state index in [2.05, 4.69) is 20.8 Å². The number of hydrogen-bond donors (Lipinski definition) is 1. The van der Waals surface area contributed by atoms with Gasteiger partial charge in [-0.15, -0.1) is 0 Å². The Morgan fingerprint density at radius 2 is 0.750 bits per heavy atom. The van der Waals surface area contributed by atoms with E-state index in [0.29, 0.717) is 19.7 Å². The number of nitrogens with zero attached hydrogens (tertiary/aromatic N) is 1. The van der Waals surface area contributed by atoms with E-state index in [1.807, 2.05) is 0 Å². The fourth-order valence-corrected chi connectivity index (χ4v) is 6.22. The normalized spacial score (nSPS) is 13.5. The molecule has 0 radical (unpaired) electrons. The molecule has 0 aliphatic carbocycles. The van der Waals surface area contributed by atoms with Crippen LogP contribution in [0, 0.1) is 0 Å². The zero-order chi connectivity index (χ0) is 26.6. The highest BCUT2D eigenvalue weighted by atomic mass is 31.2. The average molecular weight is 532 g/mol. The molecule has 0 rings (SSSR count). The Labute approximate surface area is 227 Å². The monoisotopic (exact) mass is 531 g/mol. The van der Waals surface area contributed by atoms with Gasteiger partial charge < -0.3 is 4.89 Å². The molecule has 0 aliphatic heterocycles. The molecular formula is C31H66NO3P. The van der Waals surface area contributed by atoms with Gasteiger partial charge in [-0.3, -0.25) is 4.52 Å². The van der Waals surface area contributed by atoms with Crippen LogP contribution >= 0.6 is 7.75 Å². The first-order valence-electron chi connectivity index (χ1n) is 16.3. The van der Waals surface area contributed by atoms with E-state index < -0.39 is 7.75 Å². The third-order valence-corrected chi connectivity index (χ3v) is 9.04. The zero-order valence-electron chi connectivity index (χ0n) is 25.0. The quantitative estimate of drug-likeness (QED) is 0.0739. The first kappa shape index (κ1) is 36.1. The van der Waals surface area contributed by atoms with Crippen LogP contribution in [0.5, 0.6) is 0 Å². The summed E-state index contributed by atoms with van der Waals surface area (Å²) in [5.74, 6) is 0. The third-order valence-electron chi connectivity index (χ3n) is 7.40. The minimum absolute atomic E-state index is 0.407. The standard InChI is InChI=1S/C31H66NO3P/c1-4-7-10-13-15-17-19-21-23-26-29-32(36(33,34)35-31-28-25-12-9-6-3)30-27-24-22-20-18-16-14-11-8-5-2/h4-31H2,1-3H3,(H,33,34). The van der Waals surface area contributed by atoms with Crippen molar-refractivity contribution >= 4 is 7.75 Å². The van der Waals surface area contributed by atoms with Crippen molar-refractivity contribution in [3.8, 4) is 0 Å². The van der Waals surface area contributed by atoms with E-state index in [1.54, 1.807) is 4.67 Å². The van der Waals surface area contributed by atoms with Gasteiger partial charge in [-0.2, -0.15) is 0 Å². The van der Waals surface area contributed by atoms with Crippen LogP contribution in [0.25, 0.3) is 0 Å². The maximum Gasteiger partial charge on any atom is 0.405 e. The van der Waals surface area contributed by atoms with Gasteiger partial charge in [0, 0.05) is 13.1 Å². The molecule has 0 spiro atoms. The fraction of sp³-hybridized carbons (Fsp3) is 1.00. The Bertz CT molecular complexity index is 451. The summed E-state index contributed by atoms with van der Waals surface area (Å²) in [6.07, 6.45) is 31.3. The van der Waals surface area contributed by atoms with E-state index in [0.717, 1.165) is 38.5 Å². The van der Waals surface area contributed by atoms with Crippen molar-refractivity contribution in [2.24, 2.45) is 0 Å². The number of rotatable bonds is 30. The lowest BCUT2D eigenvalue weighted by Crippen LogP contribution is -2.24. The predicted octanol–water partition coefficient (Wildman–Crippen LogP) is 11.2. The van der Waals surface area contributed by atoms with Crippen LogP contribution in [-0.2, 0) is 9.09 Å². The van der Waals surface area contributed by atoms with Crippen molar-refractivity contribution in [3.05, 3.63) is 0 Å². The molecule has 218 valence electrons. The van der Waals surface area contributed by atoms with Crippen molar-refractivity contribution in [2.45, 2.75) is 181 Å². The van der Waals surface area contributed by atoms with Crippen molar-refractivity contribution in [2.75, 3.05) is 19.7 Å². The van der Waals surface area contributed by atoms with Gasteiger partial charge in [0.25, 0.3) is 0 Å². The third kappa shape index (κ3) is 24.4. The van der Waals surface area contributed by atoms with Gasteiger partial charge in [-0.1, -0.05) is 162 Å². The number of unbranched alkanes of at least 4 members (excludes halogenated alkanes) is 22. The topological polar surface area (TPSA) is 49.8 Å². The van der Waals surface area contributed by atoms with Crippen molar-refractivity contribution in [1.82, 2.24) is 4.67 Å². The van der Waals surface area contributed by atoms with E-state index >= 15 is 0 Å². The molecule has 36 heavy (non-hydrogen) atoms. The summed E-state index contributed by atoms with van der Waals surface area (Å²) in [6, 6.07) is 0. The van der Waals surface area contributed by atoms with E-state index in [1.165, 1.54) is 122 Å². The second kappa shape index (κ2) is 28.1. The van der Waals surface area contributed by atoms with Crippen LogP contribution in [0.15, 0.2) is 0 Å². The van der Waals surface area contributed by atoms with Gasteiger partial charge >= 0.3 is 7.75 Å². The van der Waals surface area contributed by atoms with Gasteiger partial charge in [-0.05, 0) is 19.3 Å². The van der Waals surface area contributed by atoms with Gasteiger partial charge in [0.05, 0.1) is 6.61 Å². The maximum absolute atomic E-state index is 13.0. The number of hydrogen-bond acceptors (Lipinski definition) is 2. The molecule has 0 bridgehead atoms. The Morgan fingerprint density at radius 3 is 1.08 bits per heavy atom. The molecule has 0 heterocycles. The molecule has 0 aromatic carbocycles. The van der Waals surface area contributed by atoms with Gasteiger partial charge in [0.2, 0.25) is 0 Å². The molecule has 4 nitrogen and oxygen atoms in total. The lowest BCUT2D eigenvalue weighted by Gasteiger charge is -2.26. The van der Waals surface area contributed by atoms with Crippen LogP contribution < -0.4 is 0 Å². The maximum atomic E-state index is 13.0. The summed E-state index contributed by atoms with van der Waals surface area (Å²) in [5, 5.41) is 0. The molecule has 1 unspecified atom stereocenters. The van der Waals surface area contributed by atoms with Crippen molar-refractivity contribution in [3.63, 3.8) is 0 Å². The average Bonchev–Trinajstić information content (AvgIpc) is 2.86. The van der Waals surface area contributed by atoms with Crippen LogP contribution in [0.2, 0.25) is 0 Å². The predicted molar refractivity (Wildman–Crippen MR) is 160 cm³/mol. The first-order valence-corrected chi connectivity index (χ1v) is 17.8. The molecule has 0 saturated carbocycles. The Kier molecular flexibility index (Phi) is 28.2. The summed E-state index contributed by atoms with van der Waals surface area (Å²) in [6.45, 7) is 8.53. The van der Waals surface area contributed by atoms with Crippen LogP contribution in [0.4, 0.5) is 0 Å². The summed E-state index contributed by atoms with van der Waals surface area (Å²) in [4.78, 5) is 10.7. The van der Waals surface area contributed by atoms with Crippen LogP contribution in [-0.4, -0.2) is 29.3 Å². The Hall–Kier alpha value is 0.110. The lowest BCUT2D eigenvalue weighted by molar-refractivity contribution is 0.194. The van der Waals surface area contributed by atoms with E-state index in [-0.39, 0.29) is 0 Å². The Balaban J connectivity index is 4.20. The molecule has 1 atom stereocenters. The fourth-order valence-electron chi connectivity index (χ4n) is 4.90. The minimum Gasteiger partial charge on any atom is -0.312 e. The zero-order valence-corrected chi connectivity index (χ0v) is 25.9. The van der Waals surface area contributed by atoms with Gasteiger partial charge in [0.1, 0.15) is 0 Å². The molecule has 5 heteroatoms. The second-order valence-corrected chi connectivity index (χ2v) is 12.9. The molecule has 0 aliphatic rings. The van der Waals surface area contributed by atoms with Crippen molar-refractivity contribution in [1.29, 1.82) is 0 Å². The minimum atomic E-state index is -3.68. The molecule has 1 N–H and O–H groups in total. The van der Waals surface area contributed by atoms with Gasteiger partial charge in [-0.25, -0.2) is 9.24 Å². The smallest absolute Gasteiger partial charge is 0.312 e. The van der Waals surface area contributed by atoms with Gasteiger partial charge in [0.15, 0.2) is 0 Å². The summed E-state index contributed by atoms with van der Waals surface area (Å²) in [5.41, 5.74) is 0. The van der Waals surface area contributed by atoms with Crippen LogP contribution in [0.1, 0.15) is 181 Å². The highest BCUT2D eigenvalue weighted by Gasteiger charge is 2.28. The molecule has 0 amide bonds. The Morgan fingerprint density at radius 1 is 0.472 bits per heavy atom. The molecule has 0 fully saturated rings. The summed E-state index contributed by atoms with van der Waals surface area (Å²) < 4.78 is 20.4. The SMILES string of the molecule is CCCCCCCCCCCCN(CCCCCCCCCCCC)P(=O)(O)OCCCCCCC. The summed E-state index contributed by atoms with van der Waals surface area (Å²) >= 11 is 0. The van der Waals surface area contributed by atoms with E-state index in [4.69, 9.17) is 4.52 Å². The van der Waals surface area contributed by atoms with E-state index in [9.17, 15) is 9.46 Å². The highest BCUT2D eigenvalue weighted by molar-refractivity contribution is 7.50. The molecular weight excluding hydrogens is 465 g/mol. The molecule has 0 saturated heterocycles. The van der Waals surface area contributed by atoms with Crippen molar-refractivity contribution < 1.29 is 14.0 Å². The lowest BCUT2D eigenvalue weighted by atomic mass is 10.1. The molecule has 0 aromatic heterocycles. The molecule has 0 aromatic rings. The first-order chi connectivity index (χ1) is 17.6. The van der Waals surface area contributed by atoms with Crippen LogP contribution in [0.3, 0.4) is 0 Å². The largest absolute Gasteiger partial charge is 0.405 e.